The lowest BCUT2D eigenvalue weighted by Crippen LogP contribution is -2.51. The number of pyridine rings is 2. The van der Waals surface area contributed by atoms with E-state index in [2.05, 4.69) is 30.4 Å². The molecule has 3 aromatic rings. The van der Waals surface area contributed by atoms with Gasteiger partial charge in [0, 0.05) is 68.5 Å². The summed E-state index contributed by atoms with van der Waals surface area (Å²) >= 11 is 0. The van der Waals surface area contributed by atoms with Crippen molar-refractivity contribution in [1.82, 2.24) is 25.1 Å². The first-order valence-electron chi connectivity index (χ1n) is 11.1. The molecule has 0 spiro atoms. The van der Waals surface area contributed by atoms with Crippen LogP contribution in [-0.2, 0) is 12.7 Å². The van der Waals surface area contributed by atoms with Gasteiger partial charge in [-0.3, -0.25) is 10.00 Å². The zero-order chi connectivity index (χ0) is 24.3. The summed E-state index contributed by atoms with van der Waals surface area (Å²) in [6.45, 7) is 7.02. The van der Waals surface area contributed by atoms with Crippen LogP contribution in [0.15, 0.2) is 42.9 Å². The highest BCUT2D eigenvalue weighted by atomic mass is 19.4. The third kappa shape index (κ3) is 5.65. The molecule has 2 atom stereocenters. The van der Waals surface area contributed by atoms with E-state index < -0.39 is 17.8 Å². The lowest BCUT2D eigenvalue weighted by molar-refractivity contribution is -0.137. The molecule has 4 rings (SSSR count). The fraction of sp³-hybridized carbons (Fsp3) is 0.435. The van der Waals surface area contributed by atoms with Gasteiger partial charge in [0.05, 0.1) is 17.4 Å². The average molecular weight is 476 g/mol. The fourth-order valence-electron chi connectivity index (χ4n) is 4.06. The lowest BCUT2D eigenvalue weighted by atomic mass is 10.1. The standard InChI is InChI=1S/C23H28F3N7O/c1-15-13-32(7-8-33(15)21-6-4-19(12-29-21)23(24,25)26)14-18-11-30-31-22(18)17-3-5-20(28-10-17)27-9-16(2)34/h3-6,10-12,15-16,34H,7-9,13-14H2,1-2H3,(H,27,28)(H,30,31)/t15-,16-/m1/s1. The van der Waals surface area contributed by atoms with Gasteiger partial charge in [0.25, 0.3) is 0 Å². The van der Waals surface area contributed by atoms with E-state index in [1.54, 1.807) is 13.1 Å². The van der Waals surface area contributed by atoms with Crippen molar-refractivity contribution in [2.45, 2.75) is 38.7 Å². The monoisotopic (exact) mass is 475 g/mol. The van der Waals surface area contributed by atoms with Crippen LogP contribution >= 0.6 is 0 Å². The molecule has 0 bridgehead atoms. The Bertz CT molecular complexity index is 1070. The predicted molar refractivity (Wildman–Crippen MR) is 123 cm³/mol. The summed E-state index contributed by atoms with van der Waals surface area (Å²) in [5, 5.41) is 19.8. The van der Waals surface area contributed by atoms with Crippen molar-refractivity contribution >= 4 is 11.6 Å². The van der Waals surface area contributed by atoms with Crippen LogP contribution < -0.4 is 10.2 Å². The van der Waals surface area contributed by atoms with Crippen LogP contribution in [0.2, 0.25) is 0 Å². The van der Waals surface area contributed by atoms with E-state index in [0.29, 0.717) is 31.3 Å². The van der Waals surface area contributed by atoms with Gasteiger partial charge in [-0.1, -0.05) is 0 Å². The molecule has 8 nitrogen and oxygen atoms in total. The molecule has 182 valence electrons. The molecule has 3 N–H and O–H groups in total. The molecule has 0 amide bonds. The number of rotatable bonds is 7. The third-order valence-electron chi connectivity index (χ3n) is 5.81. The summed E-state index contributed by atoms with van der Waals surface area (Å²) in [6, 6.07) is 6.41. The first-order valence-corrected chi connectivity index (χ1v) is 11.1. The number of aromatic nitrogens is 4. The van der Waals surface area contributed by atoms with E-state index >= 15 is 0 Å². The highest BCUT2D eigenvalue weighted by Crippen LogP contribution is 2.30. The normalized spacial score (nSPS) is 18.2. The van der Waals surface area contributed by atoms with Gasteiger partial charge in [-0.25, -0.2) is 9.97 Å². The van der Waals surface area contributed by atoms with Crippen molar-refractivity contribution in [2.24, 2.45) is 0 Å². The minimum atomic E-state index is -4.39. The maximum absolute atomic E-state index is 12.8. The van der Waals surface area contributed by atoms with Gasteiger partial charge < -0.3 is 15.3 Å². The molecule has 0 unspecified atom stereocenters. The fourth-order valence-corrected chi connectivity index (χ4v) is 4.06. The Morgan fingerprint density at radius 2 is 2.00 bits per heavy atom. The van der Waals surface area contributed by atoms with E-state index in [4.69, 9.17) is 0 Å². The number of H-pyrrole nitrogens is 1. The van der Waals surface area contributed by atoms with Crippen molar-refractivity contribution in [3.8, 4) is 11.3 Å². The minimum absolute atomic E-state index is 0.0919. The number of anilines is 2. The summed E-state index contributed by atoms with van der Waals surface area (Å²) in [7, 11) is 0. The van der Waals surface area contributed by atoms with Crippen molar-refractivity contribution in [1.29, 1.82) is 0 Å². The number of nitrogens with zero attached hydrogens (tertiary/aromatic N) is 5. The Morgan fingerprint density at radius 1 is 1.18 bits per heavy atom. The highest BCUT2D eigenvalue weighted by Gasteiger charge is 2.32. The molecular formula is C23H28F3N7O. The zero-order valence-electron chi connectivity index (χ0n) is 19.0. The Hall–Kier alpha value is -3.18. The molecule has 0 aromatic carbocycles. The van der Waals surface area contributed by atoms with E-state index in [9.17, 15) is 18.3 Å². The average Bonchev–Trinajstić information content (AvgIpc) is 3.26. The smallest absolute Gasteiger partial charge is 0.392 e. The number of hydrogen-bond acceptors (Lipinski definition) is 7. The maximum atomic E-state index is 12.8. The molecule has 3 aromatic heterocycles. The molecule has 0 radical (unpaired) electrons. The summed E-state index contributed by atoms with van der Waals surface area (Å²) < 4.78 is 38.5. The topological polar surface area (TPSA) is 93.2 Å². The molecule has 34 heavy (non-hydrogen) atoms. The SMILES string of the molecule is C[C@@H]1CN(Cc2c[nH]nc2-c2ccc(NC[C@@H](C)O)nc2)CCN1c1ccc(C(F)(F)F)cn1. The largest absolute Gasteiger partial charge is 0.417 e. The second-order valence-electron chi connectivity index (χ2n) is 8.60. The zero-order valence-corrected chi connectivity index (χ0v) is 19.0. The third-order valence-corrected chi connectivity index (χ3v) is 5.81. The number of aliphatic hydroxyl groups excluding tert-OH is 1. The quantitative estimate of drug-likeness (QED) is 0.482. The van der Waals surface area contributed by atoms with Gasteiger partial charge in [0.15, 0.2) is 0 Å². The molecule has 4 heterocycles. The van der Waals surface area contributed by atoms with E-state index in [1.165, 1.54) is 6.07 Å². The van der Waals surface area contributed by atoms with Crippen LogP contribution in [0.3, 0.4) is 0 Å². The Labute approximate surface area is 195 Å². The van der Waals surface area contributed by atoms with Gasteiger partial charge in [-0.15, -0.1) is 0 Å². The molecule has 11 heteroatoms. The molecule has 1 fully saturated rings. The Morgan fingerprint density at radius 3 is 2.62 bits per heavy atom. The number of alkyl halides is 3. The Kier molecular flexibility index (Phi) is 7.03. The number of aliphatic hydroxyl groups is 1. The minimum Gasteiger partial charge on any atom is -0.392 e. The second-order valence-corrected chi connectivity index (χ2v) is 8.60. The summed E-state index contributed by atoms with van der Waals surface area (Å²) in [5.74, 6) is 1.24. The van der Waals surface area contributed by atoms with Crippen LogP contribution in [0.1, 0.15) is 25.0 Å². The molecule has 1 aliphatic heterocycles. The van der Waals surface area contributed by atoms with E-state index in [0.717, 1.165) is 42.2 Å². The molecule has 1 saturated heterocycles. The maximum Gasteiger partial charge on any atom is 0.417 e. The van der Waals surface area contributed by atoms with Gasteiger partial charge in [-0.05, 0) is 38.1 Å². The number of nitrogens with one attached hydrogen (secondary N) is 2. The van der Waals surface area contributed by atoms with E-state index in [-0.39, 0.29) is 6.04 Å². The van der Waals surface area contributed by atoms with Crippen LogP contribution in [-0.4, -0.2) is 68.5 Å². The first-order chi connectivity index (χ1) is 16.2. The van der Waals surface area contributed by atoms with Crippen molar-refractivity contribution in [3.05, 3.63) is 54.0 Å². The summed E-state index contributed by atoms with van der Waals surface area (Å²) in [5.41, 5.74) is 2.02. The van der Waals surface area contributed by atoms with Crippen LogP contribution in [0, 0.1) is 0 Å². The van der Waals surface area contributed by atoms with Crippen LogP contribution in [0.4, 0.5) is 24.8 Å². The van der Waals surface area contributed by atoms with Crippen LogP contribution in [0.5, 0.6) is 0 Å². The van der Waals surface area contributed by atoms with Crippen molar-refractivity contribution in [3.63, 3.8) is 0 Å². The number of piperazine rings is 1. The number of hydrogen-bond donors (Lipinski definition) is 3. The van der Waals surface area contributed by atoms with Gasteiger partial charge in [-0.2, -0.15) is 18.3 Å². The van der Waals surface area contributed by atoms with Gasteiger partial charge >= 0.3 is 6.18 Å². The van der Waals surface area contributed by atoms with Crippen LogP contribution in [0.25, 0.3) is 11.3 Å². The molecule has 0 aliphatic carbocycles. The second kappa shape index (κ2) is 9.98. The number of aromatic amines is 1. The molecular weight excluding hydrogens is 447 g/mol. The first kappa shape index (κ1) is 24.0. The van der Waals surface area contributed by atoms with Gasteiger partial charge in [0.1, 0.15) is 11.6 Å². The summed E-state index contributed by atoms with van der Waals surface area (Å²) in [6.07, 6.45) is -0.324. The van der Waals surface area contributed by atoms with Gasteiger partial charge in [0.2, 0.25) is 0 Å². The Balaban J connectivity index is 1.38. The highest BCUT2D eigenvalue weighted by molar-refractivity contribution is 5.63. The van der Waals surface area contributed by atoms with Crippen molar-refractivity contribution < 1.29 is 18.3 Å². The van der Waals surface area contributed by atoms with Crippen molar-refractivity contribution in [2.75, 3.05) is 36.4 Å². The summed E-state index contributed by atoms with van der Waals surface area (Å²) in [4.78, 5) is 12.8. The molecule has 0 saturated carbocycles. The molecule has 1 aliphatic rings. The number of halogens is 3. The predicted octanol–water partition coefficient (Wildman–Crippen LogP) is 3.39. The van der Waals surface area contributed by atoms with E-state index in [1.807, 2.05) is 30.2 Å². The lowest BCUT2D eigenvalue weighted by Gasteiger charge is -2.40.